The third-order valence-corrected chi connectivity index (χ3v) is 4.03. The minimum absolute atomic E-state index is 0.329. The number of carbonyl (C=O) groups excluding carboxylic acids is 1. The van der Waals surface area contributed by atoms with E-state index in [0.29, 0.717) is 17.1 Å². The number of nitrogens with zero attached hydrogens (tertiary/aromatic N) is 2. The Labute approximate surface area is 162 Å². The van der Waals surface area contributed by atoms with E-state index in [1.807, 2.05) is 77.5 Å². The minimum Gasteiger partial charge on any atom is -0.457 e. The van der Waals surface area contributed by atoms with E-state index in [1.165, 1.54) is 0 Å². The molecule has 2 N–H and O–H groups in total. The average molecular weight is 370 g/mol. The molecule has 0 saturated heterocycles. The van der Waals surface area contributed by atoms with Crippen molar-refractivity contribution >= 4 is 17.4 Å². The number of imidazole rings is 1. The van der Waals surface area contributed by atoms with E-state index in [2.05, 4.69) is 15.6 Å². The largest absolute Gasteiger partial charge is 0.457 e. The molecule has 0 aliphatic rings. The molecule has 0 bridgehead atoms. The van der Waals surface area contributed by atoms with Crippen LogP contribution in [-0.2, 0) is 0 Å². The van der Waals surface area contributed by atoms with Crippen LogP contribution in [0.4, 0.5) is 16.2 Å². The van der Waals surface area contributed by atoms with Crippen molar-refractivity contribution in [3.63, 3.8) is 0 Å². The van der Waals surface area contributed by atoms with Crippen LogP contribution in [0.2, 0.25) is 0 Å². The molecule has 0 aliphatic heterocycles. The second-order valence-corrected chi connectivity index (χ2v) is 6.01. The second-order valence-electron chi connectivity index (χ2n) is 6.01. The number of anilines is 2. The number of rotatable bonds is 5. The molecule has 2 amide bonds. The van der Waals surface area contributed by atoms with Crippen molar-refractivity contribution in [2.24, 2.45) is 0 Å². The van der Waals surface area contributed by atoms with Gasteiger partial charge in [0.05, 0.1) is 17.7 Å². The highest BCUT2D eigenvalue weighted by atomic mass is 16.5. The molecule has 1 heterocycles. The summed E-state index contributed by atoms with van der Waals surface area (Å²) in [6.45, 7) is 0. The lowest BCUT2D eigenvalue weighted by atomic mass is 10.2. The van der Waals surface area contributed by atoms with E-state index in [4.69, 9.17) is 4.74 Å². The van der Waals surface area contributed by atoms with Crippen LogP contribution in [-0.4, -0.2) is 15.6 Å². The van der Waals surface area contributed by atoms with Crippen LogP contribution in [0.15, 0.2) is 97.6 Å². The number of aromatic nitrogens is 2. The lowest BCUT2D eigenvalue weighted by Crippen LogP contribution is -2.20. The summed E-state index contributed by atoms with van der Waals surface area (Å²) in [7, 11) is 0. The zero-order valence-electron chi connectivity index (χ0n) is 14.9. The smallest absolute Gasteiger partial charge is 0.323 e. The van der Waals surface area contributed by atoms with Gasteiger partial charge in [-0.1, -0.05) is 30.3 Å². The van der Waals surface area contributed by atoms with Crippen molar-refractivity contribution in [3.8, 4) is 17.2 Å². The number of urea groups is 1. The van der Waals surface area contributed by atoms with Gasteiger partial charge in [-0.2, -0.15) is 0 Å². The van der Waals surface area contributed by atoms with Crippen LogP contribution >= 0.6 is 0 Å². The van der Waals surface area contributed by atoms with Gasteiger partial charge in [-0.15, -0.1) is 0 Å². The fourth-order valence-electron chi connectivity index (χ4n) is 2.72. The van der Waals surface area contributed by atoms with Gasteiger partial charge in [0.25, 0.3) is 0 Å². The summed E-state index contributed by atoms with van der Waals surface area (Å²) < 4.78 is 7.59. The van der Waals surface area contributed by atoms with Gasteiger partial charge < -0.3 is 19.9 Å². The Kier molecular flexibility index (Phi) is 5.02. The first-order valence-corrected chi connectivity index (χ1v) is 8.76. The minimum atomic E-state index is -0.329. The molecule has 0 saturated carbocycles. The number of carbonyl (C=O) groups is 1. The number of benzene rings is 3. The van der Waals surface area contributed by atoms with Crippen LogP contribution in [0, 0.1) is 0 Å². The van der Waals surface area contributed by atoms with Crippen LogP contribution in [0.3, 0.4) is 0 Å². The highest BCUT2D eigenvalue weighted by Gasteiger charge is 2.08. The number of hydrogen-bond donors (Lipinski definition) is 2. The van der Waals surface area contributed by atoms with Crippen molar-refractivity contribution in [3.05, 3.63) is 97.6 Å². The molecule has 6 nitrogen and oxygen atoms in total. The van der Waals surface area contributed by atoms with Crippen molar-refractivity contribution in [1.29, 1.82) is 0 Å². The van der Waals surface area contributed by atoms with Crippen LogP contribution < -0.4 is 15.4 Å². The Morgan fingerprint density at radius 1 is 0.821 bits per heavy atom. The maximum absolute atomic E-state index is 12.4. The summed E-state index contributed by atoms with van der Waals surface area (Å²) in [5, 5.41) is 5.70. The van der Waals surface area contributed by atoms with E-state index >= 15 is 0 Å². The molecular formula is C22H18N4O2. The normalized spacial score (nSPS) is 10.3. The van der Waals surface area contributed by atoms with E-state index in [9.17, 15) is 4.79 Å². The van der Waals surface area contributed by atoms with Gasteiger partial charge in [0.15, 0.2) is 0 Å². The molecule has 4 aromatic rings. The van der Waals surface area contributed by atoms with Gasteiger partial charge in [0.1, 0.15) is 11.5 Å². The molecule has 0 radical (unpaired) electrons. The van der Waals surface area contributed by atoms with E-state index in [-0.39, 0.29) is 6.03 Å². The van der Waals surface area contributed by atoms with Gasteiger partial charge in [-0.3, -0.25) is 0 Å². The maximum atomic E-state index is 12.4. The molecule has 28 heavy (non-hydrogen) atoms. The number of ether oxygens (including phenoxy) is 1. The maximum Gasteiger partial charge on any atom is 0.323 e. The second kappa shape index (κ2) is 8.09. The van der Waals surface area contributed by atoms with Gasteiger partial charge in [0.2, 0.25) is 0 Å². The highest BCUT2D eigenvalue weighted by molar-refractivity contribution is 6.01. The monoisotopic (exact) mass is 370 g/mol. The van der Waals surface area contributed by atoms with Crippen LogP contribution in [0.5, 0.6) is 11.5 Å². The molecule has 4 rings (SSSR count). The number of hydrogen-bond acceptors (Lipinski definition) is 3. The fraction of sp³-hybridized carbons (Fsp3) is 0. The SMILES string of the molecule is O=C(Nc1ccc(Oc2ccccc2)cc1)Nc1ccccc1-n1ccnc1. The van der Waals surface area contributed by atoms with Gasteiger partial charge in [-0.25, -0.2) is 9.78 Å². The van der Waals surface area contributed by atoms with Gasteiger partial charge in [-0.05, 0) is 48.5 Å². The topological polar surface area (TPSA) is 68.2 Å². The predicted octanol–water partition coefficient (Wildman–Crippen LogP) is 5.31. The van der Waals surface area contributed by atoms with Crippen LogP contribution in [0.1, 0.15) is 0 Å². The first-order valence-electron chi connectivity index (χ1n) is 8.76. The van der Waals surface area contributed by atoms with E-state index in [1.54, 1.807) is 24.7 Å². The Morgan fingerprint density at radius 2 is 1.54 bits per heavy atom. The highest BCUT2D eigenvalue weighted by Crippen LogP contribution is 2.23. The third kappa shape index (κ3) is 4.19. The van der Waals surface area contributed by atoms with E-state index < -0.39 is 0 Å². The first-order chi connectivity index (χ1) is 13.8. The Bertz CT molecular complexity index is 1050. The number of amides is 2. The standard InChI is InChI=1S/C22H18N4O2/c27-22(25-20-8-4-5-9-21(20)26-15-14-23-16-26)24-17-10-12-19(13-11-17)28-18-6-2-1-3-7-18/h1-16H,(H2,24,25,27). The molecule has 138 valence electrons. The molecular weight excluding hydrogens is 352 g/mol. The molecule has 6 heteroatoms. The fourth-order valence-corrected chi connectivity index (χ4v) is 2.72. The lowest BCUT2D eigenvalue weighted by Gasteiger charge is -2.12. The van der Waals surface area contributed by atoms with Gasteiger partial charge >= 0.3 is 6.03 Å². The zero-order chi connectivity index (χ0) is 19.2. The van der Waals surface area contributed by atoms with Gasteiger partial charge in [0, 0.05) is 18.1 Å². The summed E-state index contributed by atoms with van der Waals surface area (Å²) >= 11 is 0. The number of nitrogens with one attached hydrogen (secondary N) is 2. The molecule has 3 aromatic carbocycles. The molecule has 0 unspecified atom stereocenters. The number of para-hydroxylation sites is 3. The van der Waals surface area contributed by atoms with Crippen molar-refractivity contribution in [2.45, 2.75) is 0 Å². The third-order valence-electron chi connectivity index (χ3n) is 4.03. The molecule has 0 aliphatic carbocycles. The summed E-state index contributed by atoms with van der Waals surface area (Å²) in [6, 6.07) is 23.9. The van der Waals surface area contributed by atoms with E-state index in [0.717, 1.165) is 11.4 Å². The summed E-state index contributed by atoms with van der Waals surface area (Å²) in [4.78, 5) is 16.4. The lowest BCUT2D eigenvalue weighted by molar-refractivity contribution is 0.262. The molecule has 0 atom stereocenters. The van der Waals surface area contributed by atoms with Crippen molar-refractivity contribution < 1.29 is 9.53 Å². The van der Waals surface area contributed by atoms with Crippen molar-refractivity contribution in [2.75, 3.05) is 10.6 Å². The molecule has 1 aromatic heterocycles. The Hall–Kier alpha value is -4.06. The average Bonchev–Trinajstić information content (AvgIpc) is 3.25. The Balaban J connectivity index is 1.41. The quantitative estimate of drug-likeness (QED) is 0.500. The zero-order valence-corrected chi connectivity index (χ0v) is 14.9. The summed E-state index contributed by atoms with van der Waals surface area (Å²) in [5.41, 5.74) is 2.18. The molecule has 0 fully saturated rings. The summed E-state index contributed by atoms with van der Waals surface area (Å²) in [5.74, 6) is 1.46. The predicted molar refractivity (Wildman–Crippen MR) is 109 cm³/mol. The van der Waals surface area contributed by atoms with Crippen LogP contribution in [0.25, 0.3) is 5.69 Å². The molecule has 0 spiro atoms. The van der Waals surface area contributed by atoms with Crippen molar-refractivity contribution in [1.82, 2.24) is 9.55 Å². The first kappa shape index (κ1) is 17.4. The Morgan fingerprint density at radius 3 is 2.29 bits per heavy atom. The summed E-state index contributed by atoms with van der Waals surface area (Å²) in [6.07, 6.45) is 5.20.